The van der Waals surface area contributed by atoms with E-state index in [9.17, 15) is 15.2 Å². The van der Waals surface area contributed by atoms with Crippen molar-refractivity contribution in [1.29, 1.82) is 0 Å². The summed E-state index contributed by atoms with van der Waals surface area (Å²) in [4.78, 5) is 12.6. The maximum Gasteiger partial charge on any atom is 0.316 e. The summed E-state index contributed by atoms with van der Waals surface area (Å²) in [5, 5.41) is 24.1. The number of hydrogen-bond acceptors (Lipinski definition) is 5. The molecule has 0 aromatic heterocycles. The number of hydrogen-bond donors (Lipinski definition) is 1. The van der Waals surface area contributed by atoms with Gasteiger partial charge in [0, 0.05) is 28.5 Å². The van der Waals surface area contributed by atoms with Gasteiger partial charge in [-0.25, -0.2) is 9.48 Å². The van der Waals surface area contributed by atoms with Crippen molar-refractivity contribution in [3.8, 4) is 0 Å². The zero-order chi connectivity index (χ0) is 18.3. The average Bonchev–Trinajstić information content (AvgIpc) is 2.97. The lowest BCUT2D eigenvalue weighted by molar-refractivity contribution is -0.656. The van der Waals surface area contributed by atoms with Gasteiger partial charge in [0.2, 0.25) is 0 Å². The van der Waals surface area contributed by atoms with Gasteiger partial charge in [-0.2, -0.15) is 0 Å². The number of amidine groups is 1. The van der Waals surface area contributed by atoms with Crippen molar-refractivity contribution in [2.45, 2.75) is 12.1 Å². The molecule has 0 unspecified atom stereocenters. The summed E-state index contributed by atoms with van der Waals surface area (Å²) in [6, 6.07) is 13.7. The van der Waals surface area contributed by atoms with E-state index in [1.54, 1.807) is 23.9 Å². The number of rotatable bonds is 3. The Morgan fingerprint density at radius 2 is 1.88 bits per heavy atom. The van der Waals surface area contributed by atoms with Crippen LogP contribution in [0.15, 0.2) is 48.5 Å². The summed E-state index contributed by atoms with van der Waals surface area (Å²) >= 11 is 7.72. The molecule has 6 nitrogen and oxygen atoms in total. The molecule has 2 heterocycles. The number of halogens is 1. The topological polar surface area (TPSA) is 69.6 Å². The second kappa shape index (κ2) is 6.57. The lowest BCUT2D eigenvalue weighted by Crippen LogP contribution is -2.41. The van der Waals surface area contributed by atoms with Crippen LogP contribution in [0.4, 0.5) is 11.4 Å². The molecule has 0 saturated carbocycles. The second-order valence-electron chi connectivity index (χ2n) is 6.32. The number of thioether (sulfide) groups is 1. The first-order valence-corrected chi connectivity index (χ1v) is 9.63. The first kappa shape index (κ1) is 17.3. The summed E-state index contributed by atoms with van der Waals surface area (Å²) in [6.45, 7) is 1.09. The van der Waals surface area contributed by atoms with Crippen molar-refractivity contribution < 1.29 is 14.6 Å². The molecule has 26 heavy (non-hydrogen) atoms. The van der Waals surface area contributed by atoms with Crippen LogP contribution in [0.5, 0.6) is 0 Å². The predicted molar refractivity (Wildman–Crippen MR) is 103 cm³/mol. The van der Waals surface area contributed by atoms with Gasteiger partial charge < -0.3 is 5.11 Å². The smallest absolute Gasteiger partial charge is 0.316 e. The van der Waals surface area contributed by atoms with E-state index in [1.165, 1.54) is 12.1 Å². The van der Waals surface area contributed by atoms with Crippen LogP contribution in [0.25, 0.3) is 0 Å². The van der Waals surface area contributed by atoms with Gasteiger partial charge in [-0.3, -0.25) is 10.1 Å². The van der Waals surface area contributed by atoms with E-state index in [-0.39, 0.29) is 5.69 Å². The average molecular weight is 391 g/mol. The highest BCUT2D eigenvalue weighted by atomic mass is 35.5. The Bertz CT molecular complexity index is 886. The minimum atomic E-state index is -1.22. The van der Waals surface area contributed by atoms with Gasteiger partial charge in [0.1, 0.15) is 5.69 Å². The van der Waals surface area contributed by atoms with Gasteiger partial charge in [-0.15, -0.1) is 0 Å². The minimum Gasteiger partial charge on any atom is -0.346 e. The Morgan fingerprint density at radius 1 is 1.19 bits per heavy atom. The minimum absolute atomic E-state index is 0.0159. The monoisotopic (exact) mass is 390 g/mol. The Balaban J connectivity index is 1.75. The summed E-state index contributed by atoms with van der Waals surface area (Å²) in [7, 11) is 0. The van der Waals surface area contributed by atoms with Crippen LogP contribution < -0.4 is 4.90 Å². The number of β-amino-alcohol motifs (C(OH)–C–C–N with tert-alkyl or cyclic N) is 1. The number of aliphatic hydroxyl groups is 1. The third-order valence-electron chi connectivity index (χ3n) is 4.72. The summed E-state index contributed by atoms with van der Waals surface area (Å²) in [6.07, 6.45) is 0.970. The molecule has 0 radical (unpaired) electrons. The Morgan fingerprint density at radius 3 is 2.54 bits per heavy atom. The highest BCUT2D eigenvalue weighted by Crippen LogP contribution is 2.38. The molecule has 1 atom stereocenters. The van der Waals surface area contributed by atoms with Gasteiger partial charge in [0.25, 0.3) is 11.4 Å². The first-order chi connectivity index (χ1) is 12.5. The van der Waals surface area contributed by atoms with Gasteiger partial charge in [0.05, 0.1) is 11.5 Å². The molecule has 0 fully saturated rings. The number of nitro benzene ring substituents is 1. The van der Waals surface area contributed by atoms with Crippen molar-refractivity contribution in [2.24, 2.45) is 0 Å². The zero-order valence-electron chi connectivity index (χ0n) is 13.8. The van der Waals surface area contributed by atoms with Crippen LogP contribution in [0.3, 0.4) is 0 Å². The Hall–Kier alpha value is -2.09. The standard InChI is InChI=1S/C18H17ClN3O3S/c19-14-4-8-15(9-5-14)20-12-18(23,21-10-1-11-26-17(20)21)13-2-6-16(7-3-13)22(24)25/h2-9,23H,1,10-12H2/q+1/t18-/m1/s1. The lowest BCUT2D eigenvalue weighted by atomic mass is 10.0. The molecule has 0 aliphatic carbocycles. The number of nitrogens with zero attached hydrogens (tertiary/aromatic N) is 3. The fraction of sp³-hybridized carbons (Fsp3) is 0.278. The quantitative estimate of drug-likeness (QED) is 0.494. The van der Waals surface area contributed by atoms with Crippen molar-refractivity contribution >= 4 is 39.9 Å². The molecule has 8 heteroatoms. The highest BCUT2D eigenvalue weighted by Gasteiger charge is 2.53. The molecule has 2 aliphatic rings. The predicted octanol–water partition coefficient (Wildman–Crippen LogP) is 3.42. The normalized spacial score (nSPS) is 22.5. The Kier molecular flexibility index (Phi) is 4.38. The molecular formula is C18H17ClN3O3S+. The molecule has 0 amide bonds. The van der Waals surface area contributed by atoms with Crippen LogP contribution in [0.2, 0.25) is 5.02 Å². The number of anilines is 1. The highest BCUT2D eigenvalue weighted by molar-refractivity contribution is 8.13. The number of non-ortho nitro benzene ring substituents is 1. The fourth-order valence-corrected chi connectivity index (χ4v) is 4.73. The van der Waals surface area contributed by atoms with E-state index >= 15 is 0 Å². The molecule has 4 rings (SSSR count). The largest absolute Gasteiger partial charge is 0.346 e. The molecule has 2 aromatic rings. The van der Waals surface area contributed by atoms with Crippen LogP contribution >= 0.6 is 23.4 Å². The van der Waals surface area contributed by atoms with E-state index in [4.69, 9.17) is 11.6 Å². The van der Waals surface area contributed by atoms with Crippen LogP contribution in [0, 0.1) is 10.1 Å². The third-order valence-corrected chi connectivity index (χ3v) is 6.17. The first-order valence-electron chi connectivity index (χ1n) is 8.27. The van der Waals surface area contributed by atoms with Crippen LogP contribution in [-0.4, -0.2) is 38.6 Å². The summed E-state index contributed by atoms with van der Waals surface area (Å²) in [5.41, 5.74) is 0.403. The molecule has 0 spiro atoms. The maximum atomic E-state index is 11.5. The summed E-state index contributed by atoms with van der Waals surface area (Å²) in [5.74, 6) is 0.992. The van der Waals surface area contributed by atoms with Crippen molar-refractivity contribution in [2.75, 3.05) is 23.7 Å². The Labute approximate surface area is 159 Å². The molecule has 0 bridgehead atoms. The van der Waals surface area contributed by atoms with E-state index < -0.39 is 10.6 Å². The van der Waals surface area contributed by atoms with E-state index in [0.717, 1.165) is 29.6 Å². The SMILES string of the molecule is O=[N+]([O-])c1ccc([C@]2(O)CN(c3ccc(Cl)cc3)C3=[N+]2CCCS3)cc1. The number of benzene rings is 2. The molecule has 2 aliphatic heterocycles. The van der Waals surface area contributed by atoms with Gasteiger partial charge in [0.15, 0.2) is 6.54 Å². The lowest BCUT2D eigenvalue weighted by Gasteiger charge is -2.24. The molecule has 0 saturated heterocycles. The van der Waals surface area contributed by atoms with Gasteiger partial charge in [-0.05, 0) is 54.6 Å². The molecular weight excluding hydrogens is 374 g/mol. The maximum absolute atomic E-state index is 11.5. The zero-order valence-corrected chi connectivity index (χ0v) is 15.4. The third kappa shape index (κ3) is 2.86. The molecule has 1 N–H and O–H groups in total. The van der Waals surface area contributed by atoms with Crippen LogP contribution in [0.1, 0.15) is 12.0 Å². The van der Waals surface area contributed by atoms with E-state index in [1.807, 2.05) is 28.8 Å². The van der Waals surface area contributed by atoms with E-state index in [0.29, 0.717) is 17.1 Å². The van der Waals surface area contributed by atoms with Crippen molar-refractivity contribution in [3.63, 3.8) is 0 Å². The van der Waals surface area contributed by atoms with Gasteiger partial charge in [-0.1, -0.05) is 11.6 Å². The fourth-order valence-electron chi connectivity index (χ4n) is 3.42. The van der Waals surface area contributed by atoms with Crippen molar-refractivity contribution in [3.05, 3.63) is 69.2 Å². The second-order valence-corrected chi connectivity index (χ2v) is 7.82. The molecule has 2 aromatic carbocycles. The summed E-state index contributed by atoms with van der Waals surface area (Å²) < 4.78 is 2.00. The van der Waals surface area contributed by atoms with Crippen LogP contribution in [-0.2, 0) is 5.72 Å². The van der Waals surface area contributed by atoms with Crippen molar-refractivity contribution in [1.82, 2.24) is 0 Å². The van der Waals surface area contributed by atoms with Gasteiger partial charge >= 0.3 is 5.17 Å². The molecule has 134 valence electrons. The number of nitro groups is 1. The van der Waals surface area contributed by atoms with E-state index in [2.05, 4.69) is 4.90 Å².